The highest BCUT2D eigenvalue weighted by atomic mass is 32.2. The van der Waals surface area contributed by atoms with E-state index in [0.29, 0.717) is 24.8 Å². The largest absolute Gasteiger partial charge is 0.416 e. The Labute approximate surface area is 181 Å². The van der Waals surface area contributed by atoms with Crippen LogP contribution in [0, 0.1) is 12.8 Å². The van der Waals surface area contributed by atoms with Gasteiger partial charge in [0, 0.05) is 12.0 Å². The zero-order valence-electron chi connectivity index (χ0n) is 17.7. The van der Waals surface area contributed by atoms with E-state index in [4.69, 9.17) is 4.18 Å². The van der Waals surface area contributed by atoms with E-state index in [9.17, 15) is 21.6 Å². The second-order valence-electron chi connectivity index (χ2n) is 8.72. The van der Waals surface area contributed by atoms with Crippen molar-refractivity contribution in [3.8, 4) is 0 Å². The number of hydrogen-bond acceptors (Lipinski definition) is 4. The lowest BCUT2D eigenvalue weighted by molar-refractivity contribution is -0.138. The molecule has 0 amide bonds. The first-order valence-electron chi connectivity index (χ1n) is 10.3. The average Bonchev–Trinajstić information content (AvgIpc) is 2.91. The summed E-state index contributed by atoms with van der Waals surface area (Å²) >= 11 is 0. The predicted molar refractivity (Wildman–Crippen MR) is 112 cm³/mol. The van der Waals surface area contributed by atoms with Crippen molar-refractivity contribution in [1.29, 1.82) is 0 Å². The third kappa shape index (κ3) is 4.38. The molecule has 0 saturated carbocycles. The Balaban J connectivity index is 1.78. The first-order valence-corrected chi connectivity index (χ1v) is 12.1. The van der Waals surface area contributed by atoms with Gasteiger partial charge < -0.3 is 0 Å². The summed E-state index contributed by atoms with van der Waals surface area (Å²) in [5.74, 6) is -0.450. The standard InChI is InChI=1S/C23H26F3NO3S/c1-14-6-4-7-15(12-14)13-20-18-11-10-16-17(8-5-9-19(16)23(24,25)26)21(18)22(27(20)2)30-31(3,28)29/h4-9,12,18,20-22H,10-11,13H2,1-3H3. The molecule has 1 aliphatic carbocycles. The van der Waals surface area contributed by atoms with Gasteiger partial charge >= 0.3 is 6.18 Å². The van der Waals surface area contributed by atoms with Gasteiger partial charge in [-0.25, -0.2) is 0 Å². The van der Waals surface area contributed by atoms with Gasteiger partial charge in [0.15, 0.2) is 0 Å². The molecule has 0 radical (unpaired) electrons. The molecule has 2 aromatic carbocycles. The molecule has 8 heteroatoms. The van der Waals surface area contributed by atoms with Gasteiger partial charge in [-0.1, -0.05) is 42.0 Å². The quantitative estimate of drug-likeness (QED) is 0.639. The number of nitrogens with zero attached hydrogens (tertiary/aromatic N) is 1. The molecular weight excluding hydrogens is 427 g/mol. The summed E-state index contributed by atoms with van der Waals surface area (Å²) < 4.78 is 70.4. The molecule has 0 N–H and O–H groups in total. The Hall–Kier alpha value is -1.90. The molecule has 0 bridgehead atoms. The topological polar surface area (TPSA) is 46.6 Å². The molecule has 2 aliphatic rings. The van der Waals surface area contributed by atoms with E-state index in [1.165, 1.54) is 6.07 Å². The Bertz CT molecular complexity index is 1080. The van der Waals surface area contributed by atoms with Crippen molar-refractivity contribution in [3.05, 3.63) is 70.3 Å². The highest BCUT2D eigenvalue weighted by Gasteiger charge is 2.52. The predicted octanol–water partition coefficient (Wildman–Crippen LogP) is 4.52. The average molecular weight is 454 g/mol. The molecule has 4 nitrogen and oxygen atoms in total. The summed E-state index contributed by atoms with van der Waals surface area (Å²) in [7, 11) is -1.99. The summed E-state index contributed by atoms with van der Waals surface area (Å²) in [6.07, 6.45) is -2.75. The van der Waals surface area contributed by atoms with E-state index in [0.717, 1.165) is 23.4 Å². The van der Waals surface area contributed by atoms with Crippen LogP contribution in [0.25, 0.3) is 0 Å². The Morgan fingerprint density at radius 1 is 1.16 bits per heavy atom. The zero-order valence-corrected chi connectivity index (χ0v) is 18.5. The Morgan fingerprint density at radius 2 is 1.87 bits per heavy atom. The summed E-state index contributed by atoms with van der Waals surface area (Å²) in [6, 6.07) is 12.3. The molecule has 1 aliphatic heterocycles. The molecule has 4 unspecified atom stereocenters. The number of halogens is 3. The molecule has 0 spiro atoms. The van der Waals surface area contributed by atoms with Crippen LogP contribution in [0.3, 0.4) is 0 Å². The SMILES string of the molecule is Cc1cccc(CC2C3CCc4c(cccc4C(F)(F)F)C3C(OS(C)(=O)=O)N2C)c1. The van der Waals surface area contributed by atoms with Crippen molar-refractivity contribution in [3.63, 3.8) is 0 Å². The molecule has 168 valence electrons. The molecule has 1 heterocycles. The van der Waals surface area contributed by atoms with Crippen LogP contribution in [-0.2, 0) is 33.3 Å². The molecule has 0 aromatic heterocycles. The monoisotopic (exact) mass is 453 g/mol. The maximum absolute atomic E-state index is 13.6. The summed E-state index contributed by atoms with van der Waals surface area (Å²) in [6.45, 7) is 2.01. The molecule has 4 rings (SSSR count). The Kier molecular flexibility index (Phi) is 5.69. The van der Waals surface area contributed by atoms with Crippen LogP contribution in [0.1, 0.15) is 40.2 Å². The lowest BCUT2D eigenvalue weighted by Crippen LogP contribution is -2.38. The maximum Gasteiger partial charge on any atom is 0.416 e. The van der Waals surface area contributed by atoms with Crippen LogP contribution in [-0.4, -0.2) is 38.9 Å². The van der Waals surface area contributed by atoms with E-state index in [2.05, 4.69) is 6.07 Å². The van der Waals surface area contributed by atoms with E-state index in [-0.39, 0.29) is 17.5 Å². The van der Waals surface area contributed by atoms with E-state index < -0.39 is 34.0 Å². The molecule has 1 fully saturated rings. The van der Waals surface area contributed by atoms with Crippen molar-refractivity contribution >= 4 is 10.1 Å². The summed E-state index contributed by atoms with van der Waals surface area (Å²) in [4.78, 5) is 1.90. The number of likely N-dealkylation sites (N-methyl/N-ethyl adjacent to an activating group) is 1. The highest BCUT2D eigenvalue weighted by molar-refractivity contribution is 7.86. The molecule has 1 saturated heterocycles. The number of rotatable bonds is 4. The highest BCUT2D eigenvalue weighted by Crippen LogP contribution is 2.51. The van der Waals surface area contributed by atoms with Gasteiger partial charge in [0.25, 0.3) is 10.1 Å². The third-order valence-electron chi connectivity index (χ3n) is 6.59. The fourth-order valence-electron chi connectivity index (χ4n) is 5.41. The number of alkyl halides is 3. The van der Waals surface area contributed by atoms with Gasteiger partial charge in [-0.3, -0.25) is 9.08 Å². The van der Waals surface area contributed by atoms with Crippen molar-refractivity contribution in [2.24, 2.45) is 5.92 Å². The Morgan fingerprint density at radius 3 is 2.52 bits per heavy atom. The fraction of sp³-hybridized carbons (Fsp3) is 0.478. The second-order valence-corrected chi connectivity index (χ2v) is 10.3. The molecular formula is C23H26F3NO3S. The zero-order chi connectivity index (χ0) is 22.6. The van der Waals surface area contributed by atoms with Crippen LogP contribution in [0.5, 0.6) is 0 Å². The molecule has 4 atom stereocenters. The molecule has 31 heavy (non-hydrogen) atoms. The number of aryl methyl sites for hydroxylation is 1. The smallest absolute Gasteiger partial charge is 0.276 e. The molecule has 2 aromatic rings. The van der Waals surface area contributed by atoms with Crippen LogP contribution in [0.2, 0.25) is 0 Å². The maximum atomic E-state index is 13.6. The number of likely N-dealkylation sites (tertiary alicyclic amines) is 1. The van der Waals surface area contributed by atoms with Gasteiger partial charge in [0.05, 0.1) is 11.8 Å². The number of benzene rings is 2. The lowest BCUT2D eigenvalue weighted by atomic mass is 9.72. The summed E-state index contributed by atoms with van der Waals surface area (Å²) in [5.41, 5.74) is 2.43. The van der Waals surface area contributed by atoms with Crippen molar-refractivity contribution in [1.82, 2.24) is 4.90 Å². The minimum absolute atomic E-state index is 0.00625. The summed E-state index contributed by atoms with van der Waals surface area (Å²) in [5, 5.41) is 0. The van der Waals surface area contributed by atoms with Crippen LogP contribution in [0.4, 0.5) is 13.2 Å². The van der Waals surface area contributed by atoms with E-state index in [1.54, 1.807) is 6.07 Å². The van der Waals surface area contributed by atoms with Crippen LogP contribution >= 0.6 is 0 Å². The normalized spacial score (nSPS) is 26.5. The second kappa shape index (κ2) is 7.90. The van der Waals surface area contributed by atoms with Gasteiger partial charge in [-0.05, 0) is 61.9 Å². The first kappa shape index (κ1) is 22.3. The minimum atomic E-state index is -4.45. The van der Waals surface area contributed by atoms with Gasteiger partial charge in [0.1, 0.15) is 6.23 Å². The minimum Gasteiger partial charge on any atom is -0.276 e. The van der Waals surface area contributed by atoms with E-state index >= 15 is 0 Å². The first-order chi connectivity index (χ1) is 14.5. The lowest BCUT2D eigenvalue weighted by Gasteiger charge is -2.33. The fourth-order valence-corrected chi connectivity index (χ4v) is 6.02. The van der Waals surface area contributed by atoms with Crippen molar-refractivity contribution in [2.75, 3.05) is 13.3 Å². The van der Waals surface area contributed by atoms with Crippen molar-refractivity contribution < 1.29 is 25.8 Å². The number of fused-ring (bicyclic) bond motifs is 3. The third-order valence-corrected chi connectivity index (χ3v) is 7.14. The van der Waals surface area contributed by atoms with Gasteiger partial charge in [-0.2, -0.15) is 21.6 Å². The van der Waals surface area contributed by atoms with E-state index in [1.807, 2.05) is 37.1 Å². The van der Waals surface area contributed by atoms with Gasteiger partial charge in [0.2, 0.25) is 0 Å². The van der Waals surface area contributed by atoms with Crippen LogP contribution < -0.4 is 0 Å². The number of hydrogen-bond donors (Lipinski definition) is 0. The van der Waals surface area contributed by atoms with Crippen molar-refractivity contribution in [2.45, 2.75) is 50.6 Å². The van der Waals surface area contributed by atoms with Crippen LogP contribution in [0.15, 0.2) is 42.5 Å². The van der Waals surface area contributed by atoms with Gasteiger partial charge in [-0.15, -0.1) is 0 Å².